The van der Waals surface area contributed by atoms with Gasteiger partial charge in [-0.2, -0.15) is 0 Å². The Bertz CT molecular complexity index is 1270. The van der Waals surface area contributed by atoms with Gasteiger partial charge in [-0.25, -0.2) is 4.98 Å². The van der Waals surface area contributed by atoms with E-state index in [9.17, 15) is 14.4 Å². The lowest BCUT2D eigenvalue weighted by Crippen LogP contribution is -2.45. The number of aromatic nitrogens is 1. The fraction of sp³-hybridized carbons (Fsp3) is 0.143. The Kier molecular flexibility index (Phi) is 5.04. The minimum atomic E-state index is -1.07. The van der Waals surface area contributed by atoms with Crippen molar-refractivity contribution in [1.29, 1.82) is 0 Å². The van der Waals surface area contributed by atoms with Crippen LogP contribution in [0.1, 0.15) is 27.6 Å². The van der Waals surface area contributed by atoms with Gasteiger partial charge in [0.05, 0.1) is 26.9 Å². The van der Waals surface area contributed by atoms with Gasteiger partial charge in [-0.05, 0) is 37.3 Å². The largest absolute Gasteiger partial charge is 0.454 e. The molecule has 5 rings (SSSR count). The molecule has 0 aliphatic carbocycles. The molecule has 2 aliphatic rings. The molecular weight excluding hydrogens is 477 g/mol. The summed E-state index contributed by atoms with van der Waals surface area (Å²) in [4.78, 5) is 43.6. The van der Waals surface area contributed by atoms with E-state index in [1.54, 1.807) is 17.5 Å². The number of halogens is 2. The first-order chi connectivity index (χ1) is 15.3. The zero-order chi connectivity index (χ0) is 22.6. The second-order valence-electron chi connectivity index (χ2n) is 7.06. The molecule has 0 unspecified atom stereocenters. The topological polar surface area (TPSA) is 97.8 Å². The summed E-state index contributed by atoms with van der Waals surface area (Å²) in [5.41, 5.74) is 1.67. The lowest BCUT2D eigenvalue weighted by Gasteiger charge is -2.21. The maximum atomic E-state index is 12.8. The van der Waals surface area contributed by atoms with E-state index in [0.29, 0.717) is 22.3 Å². The number of nitrogens with one attached hydrogen (secondary N) is 1. The standard InChI is InChI=1S/C21H13Cl2N3O5S/c1-9(26-19(28)11-5-13(22)14(23)6-12(11)20(26)29)18(27)25-21-24-15(7-32-21)10-2-3-16-17(4-10)31-8-30-16/h2-7,9H,8H2,1H3,(H,24,25,27)/t9-/m0/s1. The summed E-state index contributed by atoms with van der Waals surface area (Å²) in [7, 11) is 0. The van der Waals surface area contributed by atoms with Gasteiger partial charge >= 0.3 is 0 Å². The summed E-state index contributed by atoms with van der Waals surface area (Å²) in [6.45, 7) is 1.64. The van der Waals surface area contributed by atoms with E-state index in [2.05, 4.69) is 10.3 Å². The first-order valence-corrected chi connectivity index (χ1v) is 11.0. The van der Waals surface area contributed by atoms with Crippen molar-refractivity contribution in [2.45, 2.75) is 13.0 Å². The first kappa shape index (κ1) is 20.7. The average molecular weight is 490 g/mol. The van der Waals surface area contributed by atoms with Crippen LogP contribution in [0, 0.1) is 0 Å². The maximum Gasteiger partial charge on any atom is 0.262 e. The van der Waals surface area contributed by atoms with Crippen molar-refractivity contribution in [1.82, 2.24) is 9.88 Å². The van der Waals surface area contributed by atoms with Crippen LogP contribution in [0.15, 0.2) is 35.7 Å². The van der Waals surface area contributed by atoms with Gasteiger partial charge < -0.3 is 14.8 Å². The highest BCUT2D eigenvalue weighted by Crippen LogP contribution is 2.37. The predicted molar refractivity (Wildman–Crippen MR) is 119 cm³/mol. The number of ether oxygens (including phenoxy) is 2. The monoisotopic (exact) mass is 489 g/mol. The second kappa shape index (κ2) is 7.77. The van der Waals surface area contributed by atoms with E-state index in [1.165, 1.54) is 30.4 Å². The lowest BCUT2D eigenvalue weighted by molar-refractivity contribution is -0.119. The molecule has 11 heteroatoms. The fourth-order valence-electron chi connectivity index (χ4n) is 3.45. The molecular formula is C21H13Cl2N3O5S. The summed E-state index contributed by atoms with van der Waals surface area (Å²) < 4.78 is 10.7. The number of carbonyl (C=O) groups is 3. The van der Waals surface area contributed by atoms with Crippen LogP contribution in [-0.2, 0) is 4.79 Å². The van der Waals surface area contributed by atoms with Crippen LogP contribution >= 0.6 is 34.5 Å². The third-order valence-electron chi connectivity index (χ3n) is 5.13. The second-order valence-corrected chi connectivity index (χ2v) is 8.74. The van der Waals surface area contributed by atoms with Crippen molar-refractivity contribution in [2.24, 2.45) is 0 Å². The molecule has 1 atom stereocenters. The Morgan fingerprint density at radius 3 is 2.44 bits per heavy atom. The molecule has 1 aromatic heterocycles. The summed E-state index contributed by atoms with van der Waals surface area (Å²) in [5.74, 6) is -0.475. The molecule has 8 nitrogen and oxygen atoms in total. The number of carbonyl (C=O) groups excluding carboxylic acids is 3. The van der Waals surface area contributed by atoms with Gasteiger partial charge in [0.2, 0.25) is 12.7 Å². The lowest BCUT2D eigenvalue weighted by atomic mass is 10.1. The number of anilines is 1. The normalized spacial score (nSPS) is 15.2. The van der Waals surface area contributed by atoms with Crippen molar-refractivity contribution in [2.75, 3.05) is 12.1 Å². The van der Waals surface area contributed by atoms with Crippen LogP contribution in [0.4, 0.5) is 5.13 Å². The summed E-state index contributed by atoms with van der Waals surface area (Å²) >= 11 is 13.2. The van der Waals surface area contributed by atoms with Gasteiger partial charge in [-0.1, -0.05) is 23.2 Å². The third-order valence-corrected chi connectivity index (χ3v) is 6.61. The molecule has 0 bridgehead atoms. The van der Waals surface area contributed by atoms with E-state index in [0.717, 1.165) is 10.5 Å². The van der Waals surface area contributed by atoms with Gasteiger partial charge in [0.1, 0.15) is 6.04 Å². The van der Waals surface area contributed by atoms with E-state index < -0.39 is 23.8 Å². The molecule has 3 heterocycles. The maximum absolute atomic E-state index is 12.8. The molecule has 1 N–H and O–H groups in total. The van der Waals surface area contributed by atoms with E-state index >= 15 is 0 Å². The first-order valence-electron chi connectivity index (χ1n) is 9.37. The average Bonchev–Trinajstić information content (AvgIpc) is 3.48. The van der Waals surface area contributed by atoms with Crippen molar-refractivity contribution < 1.29 is 23.9 Å². The molecule has 0 saturated heterocycles. The molecule has 162 valence electrons. The van der Waals surface area contributed by atoms with Gasteiger partial charge in [0.25, 0.3) is 11.8 Å². The molecule has 2 aliphatic heterocycles. The molecule has 32 heavy (non-hydrogen) atoms. The van der Waals surface area contributed by atoms with Gasteiger partial charge in [0.15, 0.2) is 16.6 Å². The quantitative estimate of drug-likeness (QED) is 0.542. The number of fused-ring (bicyclic) bond motifs is 2. The number of amides is 3. The molecule has 3 aromatic rings. The zero-order valence-corrected chi connectivity index (χ0v) is 18.7. The van der Waals surface area contributed by atoms with Crippen LogP contribution in [0.3, 0.4) is 0 Å². The van der Waals surface area contributed by atoms with E-state index in [-0.39, 0.29) is 28.0 Å². The number of imide groups is 1. The molecule has 0 spiro atoms. The summed E-state index contributed by atoms with van der Waals surface area (Å²) in [6, 6.07) is 7.04. The molecule has 3 amide bonds. The fourth-order valence-corrected chi connectivity index (χ4v) is 4.50. The van der Waals surface area contributed by atoms with E-state index in [4.69, 9.17) is 32.7 Å². The highest BCUT2D eigenvalue weighted by Gasteiger charge is 2.41. The zero-order valence-electron chi connectivity index (χ0n) is 16.3. The Morgan fingerprint density at radius 2 is 1.75 bits per heavy atom. The SMILES string of the molecule is C[C@@H](C(=O)Nc1nc(-c2ccc3c(c2)OCO3)cs1)N1C(=O)c2cc(Cl)c(Cl)cc2C1=O. The molecule has 0 saturated carbocycles. The number of benzene rings is 2. The predicted octanol–water partition coefficient (Wildman–Crippen LogP) is 4.47. The minimum absolute atomic E-state index is 0.114. The third kappa shape index (κ3) is 3.38. The summed E-state index contributed by atoms with van der Waals surface area (Å²) in [5, 5.41) is 5.09. The highest BCUT2D eigenvalue weighted by molar-refractivity contribution is 7.14. The number of nitrogens with zero attached hydrogens (tertiary/aromatic N) is 2. The number of thiazole rings is 1. The number of rotatable bonds is 4. The van der Waals surface area contributed by atoms with Gasteiger partial charge in [0, 0.05) is 10.9 Å². The van der Waals surface area contributed by atoms with Crippen molar-refractivity contribution in [3.05, 3.63) is 56.9 Å². The van der Waals surface area contributed by atoms with Crippen molar-refractivity contribution in [3.8, 4) is 22.8 Å². The van der Waals surface area contributed by atoms with Crippen LogP contribution < -0.4 is 14.8 Å². The summed E-state index contributed by atoms with van der Waals surface area (Å²) in [6.07, 6.45) is 0. The van der Waals surface area contributed by atoms with E-state index in [1.807, 2.05) is 6.07 Å². The van der Waals surface area contributed by atoms with Crippen LogP contribution in [-0.4, -0.2) is 40.4 Å². The number of hydrogen-bond donors (Lipinski definition) is 1. The Morgan fingerprint density at radius 1 is 1.09 bits per heavy atom. The molecule has 0 radical (unpaired) electrons. The van der Waals surface area contributed by atoms with Crippen molar-refractivity contribution >= 4 is 57.4 Å². The van der Waals surface area contributed by atoms with Gasteiger partial charge in [-0.15, -0.1) is 11.3 Å². The molecule has 0 fully saturated rings. The molecule has 2 aromatic carbocycles. The number of hydrogen-bond acceptors (Lipinski definition) is 7. The van der Waals surface area contributed by atoms with Gasteiger partial charge in [-0.3, -0.25) is 19.3 Å². The van der Waals surface area contributed by atoms with Crippen molar-refractivity contribution in [3.63, 3.8) is 0 Å². The Hall–Kier alpha value is -3.14. The minimum Gasteiger partial charge on any atom is -0.454 e. The Labute approximate surface area is 195 Å². The van der Waals surface area contributed by atoms with Crippen LogP contribution in [0.5, 0.6) is 11.5 Å². The Balaban J connectivity index is 1.33. The van der Waals surface area contributed by atoms with Crippen LogP contribution in [0.25, 0.3) is 11.3 Å². The smallest absolute Gasteiger partial charge is 0.262 e. The highest BCUT2D eigenvalue weighted by atomic mass is 35.5. The van der Waals surface area contributed by atoms with Crippen LogP contribution in [0.2, 0.25) is 10.0 Å².